The molecule has 1 aliphatic carbocycles. The maximum absolute atomic E-state index is 4.42. The number of hydrogen-bond donors (Lipinski definition) is 1. The van der Waals surface area contributed by atoms with Crippen molar-refractivity contribution < 1.29 is 0 Å². The van der Waals surface area contributed by atoms with E-state index in [4.69, 9.17) is 0 Å². The number of nitrogens with one attached hydrogen (secondary N) is 1. The SMILES string of the molecule is CCC1CCC(n2ccnc2NC(C)C)CC1. The molecule has 3 nitrogen and oxygen atoms in total. The Morgan fingerprint density at radius 1 is 1.35 bits per heavy atom. The van der Waals surface area contributed by atoms with Crippen molar-refractivity contribution in [3.8, 4) is 0 Å². The maximum atomic E-state index is 4.42. The van der Waals surface area contributed by atoms with Gasteiger partial charge in [-0.3, -0.25) is 0 Å². The third kappa shape index (κ3) is 3.02. The molecule has 0 atom stereocenters. The average Bonchev–Trinajstić information content (AvgIpc) is 2.76. The minimum absolute atomic E-state index is 0.447. The van der Waals surface area contributed by atoms with E-state index in [-0.39, 0.29) is 0 Å². The fraction of sp³-hybridized carbons (Fsp3) is 0.786. The largest absolute Gasteiger partial charge is 0.353 e. The third-order valence-electron chi connectivity index (χ3n) is 3.87. The van der Waals surface area contributed by atoms with E-state index >= 15 is 0 Å². The number of aromatic nitrogens is 2. The molecule has 0 unspecified atom stereocenters. The summed E-state index contributed by atoms with van der Waals surface area (Å²) < 4.78 is 2.34. The van der Waals surface area contributed by atoms with Crippen LogP contribution in [0.25, 0.3) is 0 Å². The summed E-state index contributed by atoms with van der Waals surface area (Å²) in [5, 5.41) is 3.43. The van der Waals surface area contributed by atoms with Crippen LogP contribution >= 0.6 is 0 Å². The lowest BCUT2D eigenvalue weighted by Gasteiger charge is -2.30. The van der Waals surface area contributed by atoms with Crippen LogP contribution in [0, 0.1) is 5.92 Å². The van der Waals surface area contributed by atoms with Crippen molar-refractivity contribution in [1.82, 2.24) is 9.55 Å². The molecule has 1 aliphatic rings. The number of hydrogen-bond acceptors (Lipinski definition) is 2. The van der Waals surface area contributed by atoms with Crippen molar-refractivity contribution in [1.29, 1.82) is 0 Å². The van der Waals surface area contributed by atoms with Gasteiger partial charge in [0.15, 0.2) is 0 Å². The van der Waals surface area contributed by atoms with E-state index in [1.54, 1.807) is 0 Å². The van der Waals surface area contributed by atoms with Gasteiger partial charge in [-0.25, -0.2) is 4.98 Å². The molecule has 1 fully saturated rings. The molecule has 0 spiro atoms. The number of imidazole rings is 1. The summed E-state index contributed by atoms with van der Waals surface area (Å²) in [4.78, 5) is 4.42. The Kier molecular flexibility index (Phi) is 4.08. The van der Waals surface area contributed by atoms with Crippen molar-refractivity contribution in [2.75, 3.05) is 5.32 Å². The Morgan fingerprint density at radius 3 is 2.65 bits per heavy atom. The fourth-order valence-corrected chi connectivity index (χ4v) is 2.81. The highest BCUT2D eigenvalue weighted by Crippen LogP contribution is 2.34. The Morgan fingerprint density at radius 2 is 2.06 bits per heavy atom. The van der Waals surface area contributed by atoms with E-state index in [0.717, 1.165) is 11.9 Å². The first-order valence-corrected chi connectivity index (χ1v) is 7.00. The van der Waals surface area contributed by atoms with Crippen LogP contribution in [0.3, 0.4) is 0 Å². The molecule has 3 heteroatoms. The maximum Gasteiger partial charge on any atom is 0.203 e. The molecule has 1 aromatic heterocycles. The quantitative estimate of drug-likeness (QED) is 0.859. The van der Waals surface area contributed by atoms with Crippen molar-refractivity contribution in [3.63, 3.8) is 0 Å². The average molecular weight is 235 g/mol. The van der Waals surface area contributed by atoms with Gasteiger partial charge < -0.3 is 9.88 Å². The highest BCUT2D eigenvalue weighted by Gasteiger charge is 2.22. The Hall–Kier alpha value is -0.990. The van der Waals surface area contributed by atoms with E-state index in [2.05, 4.69) is 41.8 Å². The summed E-state index contributed by atoms with van der Waals surface area (Å²) in [5.74, 6) is 2.00. The van der Waals surface area contributed by atoms with Crippen molar-refractivity contribution in [3.05, 3.63) is 12.4 Å². The van der Waals surface area contributed by atoms with E-state index in [1.807, 2.05) is 6.20 Å². The van der Waals surface area contributed by atoms with Gasteiger partial charge in [-0.05, 0) is 45.4 Å². The summed E-state index contributed by atoms with van der Waals surface area (Å²) in [7, 11) is 0. The zero-order chi connectivity index (χ0) is 12.3. The number of anilines is 1. The second-order valence-electron chi connectivity index (χ2n) is 5.54. The summed E-state index contributed by atoms with van der Waals surface area (Å²) in [6.45, 7) is 6.63. The Balaban J connectivity index is 2.00. The lowest BCUT2D eigenvalue weighted by Crippen LogP contribution is -2.21. The van der Waals surface area contributed by atoms with Crippen LogP contribution in [-0.2, 0) is 0 Å². The highest BCUT2D eigenvalue weighted by atomic mass is 15.2. The first-order valence-electron chi connectivity index (χ1n) is 7.00. The highest BCUT2D eigenvalue weighted by molar-refractivity contribution is 5.27. The first-order chi connectivity index (χ1) is 8.20. The topological polar surface area (TPSA) is 29.9 Å². The monoisotopic (exact) mass is 235 g/mol. The molecule has 1 saturated carbocycles. The molecule has 0 aromatic carbocycles. The molecule has 0 aliphatic heterocycles. The molecule has 0 saturated heterocycles. The lowest BCUT2D eigenvalue weighted by molar-refractivity contribution is 0.271. The van der Waals surface area contributed by atoms with Gasteiger partial charge in [0, 0.05) is 24.5 Å². The second-order valence-corrected chi connectivity index (χ2v) is 5.54. The Bertz CT molecular complexity index is 335. The summed E-state index contributed by atoms with van der Waals surface area (Å²) in [6, 6.07) is 1.10. The molecule has 96 valence electrons. The van der Waals surface area contributed by atoms with Crippen LogP contribution in [-0.4, -0.2) is 15.6 Å². The molecular formula is C14H25N3. The van der Waals surface area contributed by atoms with Crippen LogP contribution in [0.1, 0.15) is 58.9 Å². The van der Waals surface area contributed by atoms with Crippen LogP contribution < -0.4 is 5.32 Å². The molecule has 17 heavy (non-hydrogen) atoms. The lowest BCUT2D eigenvalue weighted by atomic mass is 9.84. The van der Waals surface area contributed by atoms with Crippen LogP contribution in [0.15, 0.2) is 12.4 Å². The van der Waals surface area contributed by atoms with Gasteiger partial charge in [-0.1, -0.05) is 13.3 Å². The van der Waals surface area contributed by atoms with Gasteiger partial charge in [0.25, 0.3) is 0 Å². The molecule has 0 radical (unpaired) electrons. The van der Waals surface area contributed by atoms with Crippen molar-refractivity contribution in [2.45, 2.75) is 65.0 Å². The van der Waals surface area contributed by atoms with Crippen LogP contribution in [0.2, 0.25) is 0 Å². The third-order valence-corrected chi connectivity index (χ3v) is 3.87. The number of nitrogens with zero attached hydrogens (tertiary/aromatic N) is 2. The van der Waals surface area contributed by atoms with Gasteiger partial charge >= 0.3 is 0 Å². The van der Waals surface area contributed by atoms with Gasteiger partial charge in [-0.2, -0.15) is 0 Å². The van der Waals surface area contributed by atoms with Gasteiger partial charge in [0.05, 0.1) is 0 Å². The normalized spacial score (nSPS) is 25.2. The van der Waals surface area contributed by atoms with Crippen LogP contribution in [0.5, 0.6) is 0 Å². The molecule has 1 N–H and O–H groups in total. The molecule has 0 bridgehead atoms. The van der Waals surface area contributed by atoms with E-state index in [9.17, 15) is 0 Å². The predicted molar refractivity (Wildman–Crippen MR) is 72.3 cm³/mol. The zero-order valence-electron chi connectivity index (χ0n) is 11.3. The van der Waals surface area contributed by atoms with E-state index in [0.29, 0.717) is 12.1 Å². The fourth-order valence-electron chi connectivity index (χ4n) is 2.81. The summed E-state index contributed by atoms with van der Waals surface area (Å²) in [6.07, 6.45) is 10.7. The van der Waals surface area contributed by atoms with Gasteiger partial charge in [-0.15, -0.1) is 0 Å². The second kappa shape index (κ2) is 5.56. The minimum atomic E-state index is 0.447. The summed E-state index contributed by atoms with van der Waals surface area (Å²) >= 11 is 0. The van der Waals surface area contributed by atoms with Crippen molar-refractivity contribution in [2.24, 2.45) is 5.92 Å². The minimum Gasteiger partial charge on any atom is -0.353 e. The van der Waals surface area contributed by atoms with Gasteiger partial charge in [0.2, 0.25) is 5.95 Å². The zero-order valence-corrected chi connectivity index (χ0v) is 11.3. The standard InChI is InChI=1S/C14H25N3/c1-4-12-5-7-13(8-6-12)17-10-9-15-14(17)16-11(2)3/h9-13H,4-8H2,1-3H3,(H,15,16). The van der Waals surface area contributed by atoms with E-state index in [1.165, 1.54) is 32.1 Å². The predicted octanol–water partition coefficient (Wildman–Crippen LogP) is 3.84. The van der Waals surface area contributed by atoms with E-state index < -0.39 is 0 Å². The van der Waals surface area contributed by atoms with Gasteiger partial charge in [0.1, 0.15) is 0 Å². The Labute approximate surface area is 105 Å². The first kappa shape index (κ1) is 12.5. The molecule has 2 rings (SSSR count). The van der Waals surface area contributed by atoms with Crippen molar-refractivity contribution >= 4 is 5.95 Å². The smallest absolute Gasteiger partial charge is 0.203 e. The molecule has 1 heterocycles. The molecular weight excluding hydrogens is 210 g/mol. The summed E-state index contributed by atoms with van der Waals surface area (Å²) in [5.41, 5.74) is 0. The van der Waals surface area contributed by atoms with Crippen LogP contribution in [0.4, 0.5) is 5.95 Å². The molecule has 1 aromatic rings. The number of rotatable bonds is 4. The molecule has 0 amide bonds.